The average molecular weight is 384 g/mol. The van der Waals surface area contributed by atoms with Crippen LogP contribution in [0.4, 0.5) is 0 Å². The summed E-state index contributed by atoms with van der Waals surface area (Å²) in [5.74, 6) is 1.34. The van der Waals surface area contributed by atoms with Gasteiger partial charge in [0, 0.05) is 11.9 Å². The molecule has 0 N–H and O–H groups in total. The lowest BCUT2D eigenvalue weighted by molar-refractivity contribution is 0.476. The molecular formula is C19H14ClN3O2S. The Morgan fingerprint density at radius 1 is 1.12 bits per heavy atom. The highest BCUT2D eigenvalue weighted by Crippen LogP contribution is 2.23. The number of pyridine rings is 1. The van der Waals surface area contributed by atoms with Crippen molar-refractivity contribution in [3.8, 4) is 0 Å². The third-order valence-electron chi connectivity index (χ3n) is 3.88. The summed E-state index contributed by atoms with van der Waals surface area (Å²) in [5.41, 5.74) is 1.61. The van der Waals surface area contributed by atoms with Crippen LogP contribution < -0.4 is 5.56 Å². The van der Waals surface area contributed by atoms with Gasteiger partial charge >= 0.3 is 0 Å². The highest BCUT2D eigenvalue weighted by molar-refractivity contribution is 7.98. The predicted molar refractivity (Wildman–Crippen MR) is 103 cm³/mol. The molecule has 130 valence electrons. The second-order valence-electron chi connectivity index (χ2n) is 5.66. The van der Waals surface area contributed by atoms with Gasteiger partial charge in [0.05, 0.1) is 23.7 Å². The van der Waals surface area contributed by atoms with Gasteiger partial charge in [-0.3, -0.25) is 9.36 Å². The van der Waals surface area contributed by atoms with Gasteiger partial charge in [0.15, 0.2) is 5.16 Å². The fourth-order valence-corrected chi connectivity index (χ4v) is 3.64. The molecule has 0 fully saturated rings. The molecule has 0 aliphatic rings. The lowest BCUT2D eigenvalue weighted by Gasteiger charge is -2.12. The SMILES string of the molecule is O=c1c2ccccc2nc(SCc2ccc(Cl)nc2)n1Cc1ccco1. The van der Waals surface area contributed by atoms with Crippen molar-refractivity contribution in [1.82, 2.24) is 14.5 Å². The van der Waals surface area contributed by atoms with E-state index >= 15 is 0 Å². The maximum absolute atomic E-state index is 13.0. The van der Waals surface area contributed by atoms with E-state index < -0.39 is 0 Å². The van der Waals surface area contributed by atoms with Crippen molar-refractivity contribution in [2.75, 3.05) is 0 Å². The van der Waals surface area contributed by atoms with E-state index in [2.05, 4.69) is 9.97 Å². The van der Waals surface area contributed by atoms with Crippen LogP contribution in [0.25, 0.3) is 10.9 Å². The number of furan rings is 1. The quantitative estimate of drug-likeness (QED) is 0.291. The first-order valence-corrected chi connectivity index (χ1v) is 9.32. The molecule has 3 aromatic heterocycles. The van der Waals surface area contributed by atoms with E-state index in [1.54, 1.807) is 35.2 Å². The summed E-state index contributed by atoms with van der Waals surface area (Å²) in [6.45, 7) is 0.338. The summed E-state index contributed by atoms with van der Waals surface area (Å²) in [7, 11) is 0. The predicted octanol–water partition coefficient (Wildman–Crippen LogP) is 4.38. The smallest absolute Gasteiger partial charge is 0.262 e. The van der Waals surface area contributed by atoms with Gasteiger partial charge in [-0.25, -0.2) is 9.97 Å². The first kappa shape index (κ1) is 16.9. The number of thioether (sulfide) groups is 1. The van der Waals surface area contributed by atoms with Crippen LogP contribution in [0.15, 0.2) is 75.4 Å². The molecule has 0 amide bonds. The molecule has 0 aliphatic carbocycles. The molecule has 0 saturated heterocycles. The highest BCUT2D eigenvalue weighted by Gasteiger charge is 2.13. The molecule has 7 heteroatoms. The molecule has 3 heterocycles. The lowest BCUT2D eigenvalue weighted by atomic mass is 10.2. The Balaban J connectivity index is 1.73. The van der Waals surface area contributed by atoms with Gasteiger partial charge < -0.3 is 4.42 Å². The van der Waals surface area contributed by atoms with Crippen LogP contribution in [-0.2, 0) is 12.3 Å². The Kier molecular flexibility index (Phi) is 4.77. The van der Waals surface area contributed by atoms with E-state index in [1.807, 2.05) is 30.3 Å². The topological polar surface area (TPSA) is 60.9 Å². The monoisotopic (exact) mass is 383 g/mol. The molecule has 1 aromatic carbocycles. The van der Waals surface area contributed by atoms with E-state index in [-0.39, 0.29) is 5.56 Å². The van der Waals surface area contributed by atoms with Crippen molar-refractivity contribution < 1.29 is 4.42 Å². The molecule has 0 unspecified atom stereocenters. The molecule has 4 aromatic rings. The van der Waals surface area contributed by atoms with Crippen LogP contribution in [0.5, 0.6) is 0 Å². The molecule has 5 nitrogen and oxygen atoms in total. The summed E-state index contributed by atoms with van der Waals surface area (Å²) in [4.78, 5) is 21.7. The van der Waals surface area contributed by atoms with Crippen molar-refractivity contribution in [3.05, 3.63) is 87.8 Å². The maximum Gasteiger partial charge on any atom is 0.262 e. The second kappa shape index (κ2) is 7.35. The number of aromatic nitrogens is 3. The zero-order valence-corrected chi connectivity index (χ0v) is 15.2. The van der Waals surface area contributed by atoms with E-state index in [0.717, 1.165) is 5.56 Å². The number of hydrogen-bond donors (Lipinski definition) is 0. The maximum atomic E-state index is 13.0. The largest absolute Gasteiger partial charge is 0.467 e. The molecule has 26 heavy (non-hydrogen) atoms. The number of benzene rings is 1. The van der Waals surface area contributed by atoms with Gasteiger partial charge in [-0.05, 0) is 35.9 Å². The van der Waals surface area contributed by atoms with Crippen molar-refractivity contribution in [2.24, 2.45) is 0 Å². The van der Waals surface area contributed by atoms with E-state index in [0.29, 0.717) is 39.3 Å². The zero-order chi connectivity index (χ0) is 17.9. The first-order valence-electron chi connectivity index (χ1n) is 7.96. The normalized spacial score (nSPS) is 11.1. The van der Waals surface area contributed by atoms with Crippen molar-refractivity contribution in [2.45, 2.75) is 17.5 Å². The fraction of sp³-hybridized carbons (Fsp3) is 0.105. The minimum Gasteiger partial charge on any atom is -0.467 e. The van der Waals surface area contributed by atoms with Gasteiger partial charge in [0.2, 0.25) is 0 Å². The Morgan fingerprint density at radius 2 is 2.00 bits per heavy atom. The number of fused-ring (bicyclic) bond motifs is 1. The Labute approximate surface area is 158 Å². The van der Waals surface area contributed by atoms with E-state index in [4.69, 9.17) is 16.0 Å². The van der Waals surface area contributed by atoms with Crippen LogP contribution in [0.1, 0.15) is 11.3 Å². The number of rotatable bonds is 5. The molecule has 0 bridgehead atoms. The van der Waals surface area contributed by atoms with Crippen LogP contribution in [0.2, 0.25) is 5.15 Å². The Bertz CT molecular complexity index is 1090. The van der Waals surface area contributed by atoms with Gasteiger partial charge in [0.1, 0.15) is 10.9 Å². The fourth-order valence-electron chi connectivity index (χ4n) is 2.60. The van der Waals surface area contributed by atoms with Crippen LogP contribution in [0.3, 0.4) is 0 Å². The third-order valence-corrected chi connectivity index (χ3v) is 5.15. The average Bonchev–Trinajstić information content (AvgIpc) is 3.17. The number of para-hydroxylation sites is 1. The first-order chi connectivity index (χ1) is 12.7. The molecule has 0 aliphatic heterocycles. The summed E-state index contributed by atoms with van der Waals surface area (Å²) < 4.78 is 7.06. The molecule has 0 radical (unpaired) electrons. The van der Waals surface area contributed by atoms with Crippen molar-refractivity contribution >= 4 is 34.3 Å². The lowest BCUT2D eigenvalue weighted by Crippen LogP contribution is -2.23. The molecule has 0 atom stereocenters. The summed E-state index contributed by atoms with van der Waals surface area (Å²) in [6, 6.07) is 14.7. The van der Waals surface area contributed by atoms with E-state index in [9.17, 15) is 4.79 Å². The molecule has 4 rings (SSSR count). The standard InChI is InChI=1S/C19H14ClN3O2S/c20-17-8-7-13(10-21-17)12-26-19-22-16-6-2-1-5-15(16)18(24)23(19)11-14-4-3-9-25-14/h1-10H,11-12H2. The van der Waals surface area contributed by atoms with Crippen molar-refractivity contribution in [1.29, 1.82) is 0 Å². The van der Waals surface area contributed by atoms with Crippen LogP contribution in [0, 0.1) is 0 Å². The number of halogens is 1. The van der Waals surface area contributed by atoms with Crippen molar-refractivity contribution in [3.63, 3.8) is 0 Å². The van der Waals surface area contributed by atoms with Gasteiger partial charge in [-0.2, -0.15) is 0 Å². The minimum atomic E-state index is -0.0799. The summed E-state index contributed by atoms with van der Waals surface area (Å²) in [5, 5.41) is 1.69. The summed E-state index contributed by atoms with van der Waals surface area (Å²) in [6.07, 6.45) is 3.33. The van der Waals surface area contributed by atoms with Gasteiger partial charge in [-0.15, -0.1) is 0 Å². The van der Waals surface area contributed by atoms with Gasteiger partial charge in [0.25, 0.3) is 5.56 Å². The van der Waals surface area contributed by atoms with Crippen LogP contribution >= 0.6 is 23.4 Å². The highest BCUT2D eigenvalue weighted by atomic mass is 35.5. The Hall–Kier alpha value is -2.57. The number of nitrogens with zero attached hydrogens (tertiary/aromatic N) is 3. The van der Waals surface area contributed by atoms with Gasteiger partial charge in [-0.1, -0.05) is 41.6 Å². The number of hydrogen-bond acceptors (Lipinski definition) is 5. The van der Waals surface area contributed by atoms with Crippen LogP contribution in [-0.4, -0.2) is 14.5 Å². The molecule has 0 spiro atoms. The molecule has 0 saturated carbocycles. The third kappa shape index (κ3) is 3.52. The zero-order valence-electron chi connectivity index (χ0n) is 13.6. The second-order valence-corrected chi connectivity index (χ2v) is 6.99. The minimum absolute atomic E-state index is 0.0799. The molecular weight excluding hydrogens is 370 g/mol. The van der Waals surface area contributed by atoms with E-state index in [1.165, 1.54) is 11.8 Å². The Morgan fingerprint density at radius 3 is 2.77 bits per heavy atom. The summed E-state index contributed by atoms with van der Waals surface area (Å²) >= 11 is 7.32.